The van der Waals surface area contributed by atoms with Gasteiger partial charge in [-0.2, -0.15) is 24.7 Å². The van der Waals surface area contributed by atoms with Crippen molar-refractivity contribution in [3.63, 3.8) is 0 Å². The number of hydrogen-bond donors (Lipinski definition) is 3. The molecule has 1 aliphatic carbocycles. The molecule has 9 heteroatoms. The van der Waals surface area contributed by atoms with Gasteiger partial charge in [0.2, 0.25) is 11.9 Å². The predicted octanol–water partition coefficient (Wildman–Crippen LogP) is -0.181. The molecule has 0 saturated heterocycles. The fraction of sp³-hybridized carbons (Fsp3) is 0.545. The molecule has 0 aliphatic heterocycles. The normalized spacial score (nSPS) is 21.3. The van der Waals surface area contributed by atoms with E-state index in [1.807, 2.05) is 6.92 Å². The minimum absolute atomic E-state index is 0.200. The van der Waals surface area contributed by atoms with Crippen LogP contribution in [0.2, 0.25) is 0 Å². The summed E-state index contributed by atoms with van der Waals surface area (Å²) in [5.74, 6) is 1.35. The van der Waals surface area contributed by atoms with Gasteiger partial charge < -0.3 is 15.7 Å². The van der Waals surface area contributed by atoms with Crippen LogP contribution in [0, 0.1) is 0 Å². The molecule has 2 heterocycles. The first-order valence-corrected chi connectivity index (χ1v) is 6.54. The first-order valence-electron chi connectivity index (χ1n) is 6.54. The zero-order chi connectivity index (χ0) is 13.9. The van der Waals surface area contributed by atoms with E-state index in [0.29, 0.717) is 37.2 Å². The van der Waals surface area contributed by atoms with E-state index >= 15 is 0 Å². The van der Waals surface area contributed by atoms with E-state index in [-0.39, 0.29) is 12.1 Å². The summed E-state index contributed by atoms with van der Waals surface area (Å²) >= 11 is 0. The number of hydrogen-bond acceptors (Lipinski definition) is 8. The molecule has 2 aromatic heterocycles. The van der Waals surface area contributed by atoms with E-state index in [4.69, 9.17) is 0 Å². The first-order chi connectivity index (χ1) is 9.74. The molecule has 0 unspecified atom stereocenters. The Kier molecular flexibility index (Phi) is 3.42. The molecule has 2 aromatic rings. The van der Waals surface area contributed by atoms with Gasteiger partial charge in [0, 0.05) is 12.6 Å². The molecule has 1 saturated carbocycles. The summed E-state index contributed by atoms with van der Waals surface area (Å²) in [7, 11) is 0. The van der Waals surface area contributed by atoms with E-state index in [1.165, 1.54) is 17.3 Å². The molecule has 9 nitrogen and oxygen atoms in total. The summed E-state index contributed by atoms with van der Waals surface area (Å²) < 4.78 is 1.48. The number of aromatic nitrogens is 6. The van der Waals surface area contributed by atoms with Crippen LogP contribution in [0.4, 0.5) is 11.9 Å². The van der Waals surface area contributed by atoms with Crippen molar-refractivity contribution in [2.24, 2.45) is 0 Å². The van der Waals surface area contributed by atoms with Gasteiger partial charge in [0.25, 0.3) is 5.95 Å². The maximum Gasteiger partial charge on any atom is 0.258 e. The molecule has 3 rings (SSSR count). The van der Waals surface area contributed by atoms with E-state index in [2.05, 4.69) is 35.7 Å². The van der Waals surface area contributed by atoms with Gasteiger partial charge in [0.15, 0.2) is 0 Å². The van der Waals surface area contributed by atoms with Crippen molar-refractivity contribution < 1.29 is 5.11 Å². The van der Waals surface area contributed by atoms with Crippen LogP contribution >= 0.6 is 0 Å². The summed E-state index contributed by atoms with van der Waals surface area (Å²) in [5, 5.41) is 19.6. The SMILES string of the molecule is CCNc1nc(NC2CC(O)C2)nc(-n2cncn2)n1. The Morgan fingerprint density at radius 3 is 2.75 bits per heavy atom. The molecule has 1 aliphatic rings. The van der Waals surface area contributed by atoms with Gasteiger partial charge in [-0.3, -0.25) is 0 Å². The van der Waals surface area contributed by atoms with Crippen molar-refractivity contribution in [1.29, 1.82) is 0 Å². The molecule has 1 fully saturated rings. The summed E-state index contributed by atoms with van der Waals surface area (Å²) in [6.07, 6.45) is 4.15. The zero-order valence-corrected chi connectivity index (χ0v) is 11.1. The second-order valence-electron chi connectivity index (χ2n) is 4.62. The van der Waals surface area contributed by atoms with Gasteiger partial charge in [0.1, 0.15) is 12.7 Å². The van der Waals surface area contributed by atoms with E-state index in [9.17, 15) is 5.11 Å². The Hall–Kier alpha value is -2.29. The van der Waals surface area contributed by atoms with Crippen molar-refractivity contribution in [1.82, 2.24) is 29.7 Å². The smallest absolute Gasteiger partial charge is 0.258 e. The van der Waals surface area contributed by atoms with Gasteiger partial charge in [-0.1, -0.05) is 0 Å². The van der Waals surface area contributed by atoms with Crippen LogP contribution in [-0.4, -0.2) is 53.5 Å². The fourth-order valence-electron chi connectivity index (χ4n) is 1.97. The summed E-state index contributed by atoms with van der Waals surface area (Å²) in [5.41, 5.74) is 0. The van der Waals surface area contributed by atoms with Crippen LogP contribution in [0.5, 0.6) is 0 Å². The lowest BCUT2D eigenvalue weighted by molar-refractivity contribution is 0.0834. The number of nitrogens with zero attached hydrogens (tertiary/aromatic N) is 6. The third kappa shape index (κ3) is 2.67. The summed E-state index contributed by atoms with van der Waals surface area (Å²) in [6, 6.07) is 0.200. The standard InChI is InChI=1S/C11H16N8O/c1-2-13-9-16-10(15-7-3-8(20)4-7)18-11(17-9)19-6-12-5-14-19/h5-8,20H,2-4H2,1H3,(H2,13,15,16,17,18). The summed E-state index contributed by atoms with van der Waals surface area (Å²) in [4.78, 5) is 16.8. The van der Waals surface area contributed by atoms with Gasteiger partial charge in [-0.15, -0.1) is 0 Å². The van der Waals surface area contributed by atoms with Crippen LogP contribution in [0.3, 0.4) is 0 Å². The molecular formula is C11H16N8O. The van der Waals surface area contributed by atoms with Crippen LogP contribution < -0.4 is 10.6 Å². The van der Waals surface area contributed by atoms with Gasteiger partial charge in [-0.05, 0) is 19.8 Å². The quantitative estimate of drug-likeness (QED) is 0.689. The molecule has 0 atom stereocenters. The number of nitrogens with one attached hydrogen (secondary N) is 2. The average Bonchev–Trinajstić information content (AvgIpc) is 2.91. The lowest BCUT2D eigenvalue weighted by Crippen LogP contribution is -2.39. The Labute approximate surface area is 115 Å². The van der Waals surface area contributed by atoms with Crippen molar-refractivity contribution in [3.05, 3.63) is 12.7 Å². The fourth-order valence-corrected chi connectivity index (χ4v) is 1.97. The minimum atomic E-state index is -0.225. The van der Waals surface area contributed by atoms with Crippen molar-refractivity contribution >= 4 is 11.9 Å². The molecule has 0 radical (unpaired) electrons. The van der Waals surface area contributed by atoms with E-state index in [0.717, 1.165) is 0 Å². The number of aliphatic hydroxyl groups excluding tert-OH is 1. The molecule has 3 N–H and O–H groups in total. The first kappa shape index (κ1) is 12.7. The van der Waals surface area contributed by atoms with Gasteiger partial charge >= 0.3 is 0 Å². The monoisotopic (exact) mass is 276 g/mol. The molecule has 0 spiro atoms. The van der Waals surface area contributed by atoms with Gasteiger partial charge in [0.05, 0.1) is 6.10 Å². The maximum absolute atomic E-state index is 9.31. The van der Waals surface area contributed by atoms with Crippen molar-refractivity contribution in [3.8, 4) is 5.95 Å². The Morgan fingerprint density at radius 1 is 1.30 bits per heavy atom. The lowest BCUT2D eigenvalue weighted by Gasteiger charge is -2.31. The van der Waals surface area contributed by atoms with Crippen LogP contribution in [0.1, 0.15) is 19.8 Å². The Bertz CT molecular complexity index is 566. The third-order valence-corrected chi connectivity index (χ3v) is 3.03. The third-order valence-electron chi connectivity index (χ3n) is 3.03. The second-order valence-corrected chi connectivity index (χ2v) is 4.62. The van der Waals surface area contributed by atoms with E-state index in [1.54, 1.807) is 0 Å². The Balaban J connectivity index is 1.84. The average molecular weight is 276 g/mol. The van der Waals surface area contributed by atoms with Gasteiger partial charge in [-0.25, -0.2) is 4.98 Å². The van der Waals surface area contributed by atoms with Crippen molar-refractivity contribution in [2.45, 2.75) is 31.9 Å². The minimum Gasteiger partial charge on any atom is -0.393 e. The van der Waals surface area contributed by atoms with Crippen LogP contribution in [0.15, 0.2) is 12.7 Å². The number of rotatable bonds is 5. The molecular weight excluding hydrogens is 260 g/mol. The molecule has 0 amide bonds. The number of anilines is 2. The van der Waals surface area contributed by atoms with E-state index < -0.39 is 0 Å². The largest absolute Gasteiger partial charge is 0.393 e. The number of aliphatic hydroxyl groups is 1. The lowest BCUT2D eigenvalue weighted by atomic mass is 9.90. The highest BCUT2D eigenvalue weighted by atomic mass is 16.3. The molecule has 106 valence electrons. The predicted molar refractivity (Wildman–Crippen MR) is 71.6 cm³/mol. The Morgan fingerprint density at radius 2 is 2.10 bits per heavy atom. The molecule has 0 aromatic carbocycles. The second kappa shape index (κ2) is 5.37. The maximum atomic E-state index is 9.31. The zero-order valence-electron chi connectivity index (χ0n) is 11.1. The highest BCUT2D eigenvalue weighted by Crippen LogP contribution is 2.23. The highest BCUT2D eigenvalue weighted by Gasteiger charge is 2.27. The molecule has 20 heavy (non-hydrogen) atoms. The van der Waals surface area contributed by atoms with Crippen LogP contribution in [0.25, 0.3) is 5.95 Å². The highest BCUT2D eigenvalue weighted by molar-refractivity contribution is 5.38. The van der Waals surface area contributed by atoms with Crippen molar-refractivity contribution in [2.75, 3.05) is 17.2 Å². The van der Waals surface area contributed by atoms with Crippen LogP contribution in [-0.2, 0) is 0 Å². The topological polar surface area (TPSA) is 114 Å². The molecule has 0 bridgehead atoms. The summed E-state index contributed by atoms with van der Waals surface area (Å²) in [6.45, 7) is 2.68.